The maximum absolute atomic E-state index is 13.6. The molecule has 0 radical (unpaired) electrons. The second-order valence-electron chi connectivity index (χ2n) is 10.1. The molecule has 3 rings (SSSR count). The highest BCUT2D eigenvalue weighted by Gasteiger charge is 2.37. The topological polar surface area (TPSA) is 46.5 Å². The number of aliphatic hydroxyl groups is 1. The Balaban J connectivity index is 2.08. The number of allylic oxidation sites excluding steroid dienone is 1. The van der Waals surface area contributed by atoms with Crippen molar-refractivity contribution in [1.82, 2.24) is 0 Å². The van der Waals surface area contributed by atoms with E-state index in [9.17, 15) is 14.3 Å². The number of carbonyl (C=O) groups excluding carboxylic acids is 1. The third kappa shape index (κ3) is 5.62. The van der Waals surface area contributed by atoms with Crippen LogP contribution in [0.1, 0.15) is 76.7 Å². The van der Waals surface area contributed by atoms with Crippen LogP contribution in [0.5, 0.6) is 0 Å². The minimum Gasteiger partial charge on any atom is -0.464 e. The van der Waals surface area contributed by atoms with E-state index in [0.29, 0.717) is 5.56 Å². The van der Waals surface area contributed by atoms with Crippen LogP contribution in [0.15, 0.2) is 54.1 Å². The first-order valence-electron chi connectivity index (χ1n) is 10.9. The van der Waals surface area contributed by atoms with Crippen molar-refractivity contribution < 1.29 is 19.0 Å². The van der Waals surface area contributed by atoms with Gasteiger partial charge in [0.2, 0.25) is 0 Å². The number of rotatable bonds is 5. The Morgan fingerprint density at radius 2 is 1.45 bits per heavy atom. The summed E-state index contributed by atoms with van der Waals surface area (Å²) in [7, 11) is 0. The molecular weight excluding hydrogens is 391 g/mol. The normalized spacial score (nSPS) is 18.4. The fraction of sp³-hybridized carbons (Fsp3) is 0.444. The van der Waals surface area contributed by atoms with Crippen molar-refractivity contribution >= 4 is 11.5 Å². The van der Waals surface area contributed by atoms with Crippen LogP contribution < -0.4 is 0 Å². The Bertz CT molecular complexity index is 935. The minimum atomic E-state index is -1.30. The third-order valence-electron chi connectivity index (χ3n) is 5.85. The maximum Gasteiger partial charge on any atom is 0.339 e. The highest BCUT2D eigenvalue weighted by atomic mass is 19.1. The second-order valence-corrected chi connectivity index (χ2v) is 10.1. The predicted octanol–water partition coefficient (Wildman–Crippen LogP) is 6.46. The van der Waals surface area contributed by atoms with Crippen molar-refractivity contribution in [2.75, 3.05) is 6.61 Å². The van der Waals surface area contributed by atoms with E-state index in [1.54, 1.807) is 19.1 Å². The molecule has 1 aliphatic rings. The summed E-state index contributed by atoms with van der Waals surface area (Å²) >= 11 is 0. The standard InChI is InChI=1S/C27H33FO3/c1-6-31-25(30)24(29)20-9-7-18(8-10-20)23(19-11-13-22(28)14-12-19)21-15-26(2,3)17-27(4,5)16-21/h7-14,24,29H,6,15-17H2,1-5H3. The van der Waals surface area contributed by atoms with E-state index in [0.717, 1.165) is 36.0 Å². The van der Waals surface area contributed by atoms with Gasteiger partial charge in [-0.3, -0.25) is 0 Å². The Hall–Kier alpha value is -2.46. The molecule has 0 bridgehead atoms. The summed E-state index contributed by atoms with van der Waals surface area (Å²) in [5.41, 5.74) is 5.27. The summed E-state index contributed by atoms with van der Waals surface area (Å²) in [6.45, 7) is 11.1. The molecule has 0 aliphatic heterocycles. The van der Waals surface area contributed by atoms with Crippen LogP contribution in [-0.2, 0) is 9.53 Å². The van der Waals surface area contributed by atoms with Gasteiger partial charge in [0.1, 0.15) is 5.82 Å². The zero-order valence-corrected chi connectivity index (χ0v) is 19.2. The van der Waals surface area contributed by atoms with Gasteiger partial charge >= 0.3 is 5.97 Å². The first-order chi connectivity index (χ1) is 14.5. The molecule has 0 saturated heterocycles. The van der Waals surface area contributed by atoms with E-state index in [1.165, 1.54) is 17.7 Å². The fourth-order valence-electron chi connectivity index (χ4n) is 5.20. The molecule has 1 saturated carbocycles. The van der Waals surface area contributed by atoms with Crippen molar-refractivity contribution in [2.24, 2.45) is 10.8 Å². The molecule has 3 nitrogen and oxygen atoms in total. The summed E-state index contributed by atoms with van der Waals surface area (Å²) in [5, 5.41) is 10.3. The SMILES string of the molecule is CCOC(=O)C(O)c1ccc(C(=C2CC(C)(C)CC(C)(C)C2)c2ccc(F)cc2)cc1. The van der Waals surface area contributed by atoms with Crippen molar-refractivity contribution in [3.8, 4) is 0 Å². The van der Waals surface area contributed by atoms with E-state index in [1.807, 2.05) is 24.3 Å². The molecule has 0 aromatic heterocycles. The number of esters is 1. The van der Waals surface area contributed by atoms with E-state index in [2.05, 4.69) is 27.7 Å². The van der Waals surface area contributed by atoms with Crippen LogP contribution in [0, 0.1) is 16.6 Å². The molecule has 2 aromatic rings. The number of hydrogen-bond donors (Lipinski definition) is 1. The molecule has 31 heavy (non-hydrogen) atoms. The molecule has 0 spiro atoms. The lowest BCUT2D eigenvalue weighted by atomic mass is 9.62. The Morgan fingerprint density at radius 1 is 0.968 bits per heavy atom. The summed E-state index contributed by atoms with van der Waals surface area (Å²) in [6, 6.07) is 14.0. The van der Waals surface area contributed by atoms with Crippen molar-refractivity contribution in [2.45, 2.75) is 60.0 Å². The number of ether oxygens (including phenoxy) is 1. The zero-order chi connectivity index (χ0) is 22.8. The maximum atomic E-state index is 13.6. The van der Waals surface area contributed by atoms with Crippen LogP contribution >= 0.6 is 0 Å². The van der Waals surface area contributed by atoms with Gasteiger partial charge in [-0.2, -0.15) is 0 Å². The summed E-state index contributed by atoms with van der Waals surface area (Å²) in [6.07, 6.45) is 1.78. The van der Waals surface area contributed by atoms with E-state index in [4.69, 9.17) is 4.74 Å². The molecule has 1 unspecified atom stereocenters. The quantitative estimate of drug-likeness (QED) is 0.560. The molecule has 2 aromatic carbocycles. The van der Waals surface area contributed by atoms with Gasteiger partial charge in [0.25, 0.3) is 0 Å². The predicted molar refractivity (Wildman–Crippen MR) is 122 cm³/mol. The molecule has 166 valence electrons. The largest absolute Gasteiger partial charge is 0.464 e. The molecule has 1 aliphatic carbocycles. The number of hydrogen-bond acceptors (Lipinski definition) is 3. The Labute approximate surface area is 185 Å². The highest BCUT2D eigenvalue weighted by molar-refractivity contribution is 5.83. The van der Waals surface area contributed by atoms with Gasteiger partial charge in [-0.1, -0.05) is 69.7 Å². The Morgan fingerprint density at radius 3 is 1.94 bits per heavy atom. The van der Waals surface area contributed by atoms with Crippen molar-refractivity contribution in [3.05, 3.63) is 76.6 Å². The molecule has 1 N–H and O–H groups in total. The first-order valence-corrected chi connectivity index (χ1v) is 10.9. The number of halogens is 1. The molecule has 4 heteroatoms. The summed E-state index contributed by atoms with van der Waals surface area (Å²) in [4.78, 5) is 11.9. The van der Waals surface area contributed by atoms with Crippen LogP contribution in [-0.4, -0.2) is 17.7 Å². The zero-order valence-electron chi connectivity index (χ0n) is 19.2. The van der Waals surface area contributed by atoms with Crippen LogP contribution in [0.4, 0.5) is 4.39 Å². The average Bonchev–Trinajstić information content (AvgIpc) is 2.67. The van der Waals surface area contributed by atoms with Gasteiger partial charge < -0.3 is 9.84 Å². The van der Waals surface area contributed by atoms with Gasteiger partial charge in [0.05, 0.1) is 6.61 Å². The van der Waals surface area contributed by atoms with Crippen molar-refractivity contribution in [3.63, 3.8) is 0 Å². The second kappa shape index (κ2) is 8.96. The third-order valence-corrected chi connectivity index (χ3v) is 5.85. The molecule has 0 heterocycles. The van der Waals surface area contributed by atoms with Crippen LogP contribution in [0.25, 0.3) is 5.57 Å². The lowest BCUT2D eigenvalue weighted by Gasteiger charge is -2.43. The van der Waals surface area contributed by atoms with Crippen LogP contribution in [0.2, 0.25) is 0 Å². The van der Waals surface area contributed by atoms with E-state index in [-0.39, 0.29) is 23.3 Å². The summed E-state index contributed by atoms with van der Waals surface area (Å²) < 4.78 is 18.6. The fourth-order valence-corrected chi connectivity index (χ4v) is 5.20. The molecule has 1 atom stereocenters. The van der Waals surface area contributed by atoms with Gasteiger partial charge in [0.15, 0.2) is 6.10 Å². The lowest BCUT2D eigenvalue weighted by molar-refractivity contribution is -0.153. The molecule has 0 amide bonds. The van der Waals surface area contributed by atoms with Gasteiger partial charge in [-0.15, -0.1) is 0 Å². The van der Waals surface area contributed by atoms with Gasteiger partial charge in [0, 0.05) is 0 Å². The van der Waals surface area contributed by atoms with Gasteiger partial charge in [-0.05, 0) is 71.4 Å². The number of aliphatic hydroxyl groups excluding tert-OH is 1. The highest BCUT2D eigenvalue weighted by Crippen LogP contribution is 2.50. The van der Waals surface area contributed by atoms with Crippen LogP contribution in [0.3, 0.4) is 0 Å². The van der Waals surface area contributed by atoms with E-state index >= 15 is 0 Å². The minimum absolute atomic E-state index is 0.169. The number of benzene rings is 2. The van der Waals surface area contributed by atoms with Gasteiger partial charge in [-0.25, -0.2) is 9.18 Å². The average molecular weight is 425 g/mol. The van der Waals surface area contributed by atoms with E-state index < -0.39 is 12.1 Å². The monoisotopic (exact) mass is 424 g/mol. The summed E-state index contributed by atoms with van der Waals surface area (Å²) in [5.74, 6) is -0.909. The van der Waals surface area contributed by atoms with Crippen molar-refractivity contribution in [1.29, 1.82) is 0 Å². The lowest BCUT2D eigenvalue weighted by Crippen LogP contribution is -2.30. The number of carbonyl (C=O) groups is 1. The Kier molecular flexibility index (Phi) is 6.70. The smallest absolute Gasteiger partial charge is 0.339 e. The molecular formula is C27H33FO3. The molecule has 1 fully saturated rings. The first kappa shape index (κ1) is 23.2.